The van der Waals surface area contributed by atoms with Crippen molar-refractivity contribution in [3.05, 3.63) is 0 Å². The first-order valence-corrected chi connectivity index (χ1v) is 6.12. The van der Waals surface area contributed by atoms with Gasteiger partial charge in [0.15, 0.2) is 0 Å². The van der Waals surface area contributed by atoms with E-state index in [0.717, 1.165) is 0 Å². The first-order valence-electron chi connectivity index (χ1n) is 6.12. The lowest BCUT2D eigenvalue weighted by atomic mass is 10.4. The third kappa shape index (κ3) is 5.66. The van der Waals surface area contributed by atoms with E-state index in [2.05, 4.69) is 10.2 Å². The Balaban J connectivity index is 2.05. The van der Waals surface area contributed by atoms with Crippen LogP contribution in [-0.4, -0.2) is 55.9 Å². The largest absolute Gasteiger partial charge is 0.432 e. The number of hydrogen-bond acceptors (Lipinski definition) is 6. The van der Waals surface area contributed by atoms with E-state index in [1.165, 1.54) is 0 Å². The summed E-state index contributed by atoms with van der Waals surface area (Å²) < 4.78 is 10.2. The van der Waals surface area contributed by atoms with Crippen LogP contribution in [0.5, 0.6) is 0 Å². The lowest BCUT2D eigenvalue weighted by Crippen LogP contribution is -2.38. The van der Waals surface area contributed by atoms with Crippen molar-refractivity contribution in [2.45, 2.75) is 19.8 Å². The minimum atomic E-state index is -0.850. The number of nitrogens with one attached hydrogen (secondary N) is 1. The highest BCUT2D eigenvalue weighted by Gasteiger charge is 2.32. The van der Waals surface area contributed by atoms with E-state index in [1.807, 2.05) is 6.92 Å². The van der Waals surface area contributed by atoms with Crippen LogP contribution in [0.4, 0.5) is 4.79 Å². The Hall–Kier alpha value is -1.67. The number of imide groups is 1. The maximum absolute atomic E-state index is 11.3. The molecule has 8 heteroatoms. The van der Waals surface area contributed by atoms with Gasteiger partial charge in [0.2, 0.25) is 0 Å². The quantitative estimate of drug-likeness (QED) is 0.488. The Morgan fingerprint density at radius 1 is 1.16 bits per heavy atom. The van der Waals surface area contributed by atoms with Crippen molar-refractivity contribution in [2.75, 3.05) is 33.0 Å². The van der Waals surface area contributed by atoms with Gasteiger partial charge in [-0.05, 0) is 6.92 Å². The van der Waals surface area contributed by atoms with Gasteiger partial charge in [-0.2, -0.15) is 0 Å². The van der Waals surface area contributed by atoms with E-state index in [-0.39, 0.29) is 19.4 Å². The molecule has 0 saturated carbocycles. The molecular weight excluding hydrogens is 256 g/mol. The number of carbonyl (C=O) groups excluding carboxylic acids is 3. The van der Waals surface area contributed by atoms with Gasteiger partial charge in [0, 0.05) is 26.0 Å². The summed E-state index contributed by atoms with van der Waals surface area (Å²) >= 11 is 0. The molecule has 1 aliphatic heterocycles. The average molecular weight is 274 g/mol. The summed E-state index contributed by atoms with van der Waals surface area (Å²) in [5.41, 5.74) is 0. The molecular formula is C11H18N2O6. The summed E-state index contributed by atoms with van der Waals surface area (Å²) in [6, 6.07) is 0. The number of nitrogens with zero attached hydrogens (tertiary/aromatic N) is 1. The van der Waals surface area contributed by atoms with E-state index in [1.54, 1.807) is 0 Å². The second-order valence-corrected chi connectivity index (χ2v) is 3.70. The van der Waals surface area contributed by atoms with Crippen LogP contribution in [0.2, 0.25) is 0 Å². The lowest BCUT2D eigenvalue weighted by Gasteiger charge is -2.13. The van der Waals surface area contributed by atoms with E-state index < -0.39 is 17.9 Å². The fourth-order valence-electron chi connectivity index (χ4n) is 1.36. The number of ether oxygens (including phenoxy) is 2. The van der Waals surface area contributed by atoms with Crippen LogP contribution in [0.3, 0.4) is 0 Å². The molecule has 0 spiro atoms. The lowest BCUT2D eigenvalue weighted by molar-refractivity contribution is -0.171. The minimum absolute atomic E-state index is 0.0760. The van der Waals surface area contributed by atoms with Crippen molar-refractivity contribution < 1.29 is 28.7 Å². The second-order valence-electron chi connectivity index (χ2n) is 3.70. The molecule has 1 saturated heterocycles. The second kappa shape index (κ2) is 8.44. The summed E-state index contributed by atoms with van der Waals surface area (Å²) in [6.07, 6.45) is -0.698. The molecule has 0 unspecified atom stereocenters. The van der Waals surface area contributed by atoms with Gasteiger partial charge in [0.1, 0.15) is 0 Å². The van der Waals surface area contributed by atoms with Crippen molar-refractivity contribution >= 4 is 17.9 Å². The van der Waals surface area contributed by atoms with Gasteiger partial charge in [0.25, 0.3) is 11.8 Å². The van der Waals surface area contributed by atoms with Crippen LogP contribution in [-0.2, 0) is 23.9 Å². The van der Waals surface area contributed by atoms with Crippen molar-refractivity contribution in [3.63, 3.8) is 0 Å². The van der Waals surface area contributed by atoms with E-state index in [4.69, 9.17) is 9.47 Å². The number of carbonyl (C=O) groups is 3. The fourth-order valence-corrected chi connectivity index (χ4v) is 1.36. The number of rotatable bonds is 8. The Bertz CT molecular complexity index is 317. The third-order valence-electron chi connectivity index (χ3n) is 2.27. The predicted octanol–water partition coefficient (Wildman–Crippen LogP) is -0.170. The monoisotopic (exact) mass is 274 g/mol. The molecule has 0 bridgehead atoms. The fraction of sp³-hybridized carbons (Fsp3) is 0.727. The molecule has 108 valence electrons. The van der Waals surface area contributed by atoms with Gasteiger partial charge in [-0.1, -0.05) is 0 Å². The first-order chi connectivity index (χ1) is 9.15. The molecule has 1 heterocycles. The summed E-state index contributed by atoms with van der Waals surface area (Å²) in [5, 5.41) is 2.86. The van der Waals surface area contributed by atoms with E-state index in [9.17, 15) is 14.4 Å². The van der Waals surface area contributed by atoms with Gasteiger partial charge in [-0.25, -0.2) is 4.79 Å². The summed E-state index contributed by atoms with van der Waals surface area (Å²) in [5.74, 6) is -1.01. The topological polar surface area (TPSA) is 94.2 Å². The minimum Gasteiger partial charge on any atom is -0.379 e. The standard InChI is InChI=1S/C11H18N2O6/c1-2-17-7-8-18-6-5-12-11(16)19-13-9(14)3-4-10(13)15/h2-8H2,1H3,(H,12,16). The molecule has 0 radical (unpaired) electrons. The molecule has 0 aromatic rings. The summed E-state index contributed by atoms with van der Waals surface area (Å²) in [4.78, 5) is 38.2. The highest BCUT2D eigenvalue weighted by atomic mass is 16.7. The van der Waals surface area contributed by atoms with Gasteiger partial charge < -0.3 is 19.6 Å². The van der Waals surface area contributed by atoms with Crippen molar-refractivity contribution in [1.29, 1.82) is 0 Å². The maximum Gasteiger partial charge on any atom is 0.432 e. The average Bonchev–Trinajstić information content (AvgIpc) is 2.69. The van der Waals surface area contributed by atoms with Crippen molar-refractivity contribution in [2.24, 2.45) is 0 Å². The van der Waals surface area contributed by atoms with E-state index >= 15 is 0 Å². The number of hydrogen-bond donors (Lipinski definition) is 1. The van der Waals surface area contributed by atoms with Gasteiger partial charge >= 0.3 is 6.09 Å². The Morgan fingerprint density at radius 3 is 2.42 bits per heavy atom. The van der Waals surface area contributed by atoms with Gasteiger partial charge in [-0.15, -0.1) is 5.06 Å². The molecule has 0 aromatic heterocycles. The van der Waals surface area contributed by atoms with Crippen molar-refractivity contribution in [3.8, 4) is 0 Å². The smallest absolute Gasteiger partial charge is 0.379 e. The highest BCUT2D eigenvalue weighted by molar-refractivity contribution is 6.01. The van der Waals surface area contributed by atoms with Crippen LogP contribution in [0.1, 0.15) is 19.8 Å². The predicted molar refractivity (Wildman–Crippen MR) is 62.9 cm³/mol. The summed E-state index contributed by atoms with van der Waals surface area (Å²) in [7, 11) is 0. The normalized spacial score (nSPS) is 14.9. The molecule has 0 atom stereocenters. The molecule has 0 aliphatic carbocycles. The Labute approximate surface area is 110 Å². The van der Waals surface area contributed by atoms with Crippen LogP contribution in [0, 0.1) is 0 Å². The molecule has 1 N–H and O–H groups in total. The third-order valence-corrected chi connectivity index (χ3v) is 2.27. The zero-order chi connectivity index (χ0) is 14.1. The molecule has 1 fully saturated rings. The summed E-state index contributed by atoms with van der Waals surface area (Å²) in [6.45, 7) is 3.97. The molecule has 0 aromatic carbocycles. The zero-order valence-electron chi connectivity index (χ0n) is 10.8. The number of hydroxylamine groups is 2. The van der Waals surface area contributed by atoms with Crippen LogP contribution in [0.15, 0.2) is 0 Å². The SMILES string of the molecule is CCOCCOCCNC(=O)ON1C(=O)CCC1=O. The number of amides is 3. The first kappa shape index (κ1) is 15.4. The highest BCUT2D eigenvalue weighted by Crippen LogP contribution is 2.11. The molecule has 8 nitrogen and oxygen atoms in total. The van der Waals surface area contributed by atoms with Crippen LogP contribution in [0.25, 0.3) is 0 Å². The van der Waals surface area contributed by atoms with Crippen LogP contribution >= 0.6 is 0 Å². The molecule has 3 amide bonds. The Kier molecular flexibility index (Phi) is 6.83. The van der Waals surface area contributed by atoms with E-state index in [0.29, 0.717) is 31.5 Å². The van der Waals surface area contributed by atoms with Crippen LogP contribution < -0.4 is 5.32 Å². The molecule has 19 heavy (non-hydrogen) atoms. The van der Waals surface area contributed by atoms with Crippen molar-refractivity contribution in [1.82, 2.24) is 10.4 Å². The zero-order valence-corrected chi connectivity index (χ0v) is 10.8. The van der Waals surface area contributed by atoms with Gasteiger partial charge in [-0.3, -0.25) is 9.59 Å². The Morgan fingerprint density at radius 2 is 1.79 bits per heavy atom. The molecule has 1 aliphatic rings. The molecule has 1 rings (SSSR count). The van der Waals surface area contributed by atoms with Gasteiger partial charge in [0.05, 0.1) is 19.8 Å². The maximum atomic E-state index is 11.3.